The number of fused-ring (bicyclic) bond motifs is 1. The second-order valence-corrected chi connectivity index (χ2v) is 4.26. The van der Waals surface area contributed by atoms with E-state index < -0.39 is 0 Å². The monoisotopic (exact) mass is 232 g/mol. The number of H-pyrrole nitrogens is 1. The smallest absolute Gasteiger partial charge is 0.238 e. The molecule has 0 radical (unpaired) electrons. The average molecular weight is 232 g/mol. The van der Waals surface area contributed by atoms with Gasteiger partial charge in [-0.1, -0.05) is 13.8 Å². The van der Waals surface area contributed by atoms with Crippen LogP contribution in [0.25, 0.3) is 11.0 Å². The molecule has 5 nitrogen and oxygen atoms in total. The minimum absolute atomic E-state index is 0.0156. The van der Waals surface area contributed by atoms with Crippen LogP contribution < -0.4 is 11.1 Å². The second-order valence-electron chi connectivity index (χ2n) is 4.26. The van der Waals surface area contributed by atoms with Gasteiger partial charge in [0, 0.05) is 11.6 Å². The molecule has 0 bridgehead atoms. The number of benzene rings is 1. The van der Waals surface area contributed by atoms with Crippen molar-refractivity contribution in [3.05, 3.63) is 24.0 Å². The summed E-state index contributed by atoms with van der Waals surface area (Å²) < 4.78 is 0. The Labute approximate surface area is 99.4 Å². The Bertz CT molecular complexity index is 544. The molecule has 0 saturated carbocycles. The third-order valence-electron chi connectivity index (χ3n) is 2.52. The number of nitrogens with zero attached hydrogens (tertiary/aromatic N) is 1. The highest BCUT2D eigenvalue weighted by molar-refractivity contribution is 5.94. The first kappa shape index (κ1) is 11.6. The van der Waals surface area contributed by atoms with Crippen molar-refractivity contribution in [2.75, 3.05) is 11.9 Å². The summed E-state index contributed by atoms with van der Waals surface area (Å²) >= 11 is 0. The predicted molar refractivity (Wildman–Crippen MR) is 67.9 cm³/mol. The van der Waals surface area contributed by atoms with Crippen LogP contribution in [0, 0.1) is 0 Å². The number of hydrogen-bond donors (Lipinski definition) is 3. The van der Waals surface area contributed by atoms with E-state index in [4.69, 9.17) is 5.73 Å². The van der Waals surface area contributed by atoms with Gasteiger partial charge in [-0.2, -0.15) is 0 Å². The molecule has 1 aromatic heterocycles. The Hall–Kier alpha value is -1.88. The first-order chi connectivity index (χ1) is 8.10. The van der Waals surface area contributed by atoms with Gasteiger partial charge in [-0.05, 0) is 18.2 Å². The normalized spacial score (nSPS) is 11.1. The van der Waals surface area contributed by atoms with Gasteiger partial charge in [0.25, 0.3) is 0 Å². The summed E-state index contributed by atoms with van der Waals surface area (Å²) in [7, 11) is 0. The summed E-state index contributed by atoms with van der Waals surface area (Å²) in [5.41, 5.74) is 7.79. The van der Waals surface area contributed by atoms with E-state index in [-0.39, 0.29) is 12.5 Å². The Balaban J connectivity index is 2.33. The molecule has 90 valence electrons. The van der Waals surface area contributed by atoms with Crippen LogP contribution in [0.1, 0.15) is 25.6 Å². The Morgan fingerprint density at radius 1 is 1.53 bits per heavy atom. The van der Waals surface area contributed by atoms with Crippen LogP contribution in [-0.2, 0) is 4.79 Å². The lowest BCUT2D eigenvalue weighted by atomic mass is 10.2. The molecule has 0 aliphatic carbocycles. The zero-order valence-electron chi connectivity index (χ0n) is 9.95. The summed E-state index contributed by atoms with van der Waals surface area (Å²) in [4.78, 5) is 18.9. The van der Waals surface area contributed by atoms with Gasteiger partial charge < -0.3 is 16.0 Å². The Kier molecular flexibility index (Phi) is 3.10. The summed E-state index contributed by atoms with van der Waals surface area (Å²) in [6.07, 6.45) is 0. The molecular weight excluding hydrogens is 216 g/mol. The summed E-state index contributed by atoms with van der Waals surface area (Å²) in [5.74, 6) is 1.10. The first-order valence-electron chi connectivity index (χ1n) is 5.59. The lowest BCUT2D eigenvalue weighted by Gasteiger charge is -2.02. The van der Waals surface area contributed by atoms with E-state index in [1.807, 2.05) is 18.2 Å². The van der Waals surface area contributed by atoms with Crippen molar-refractivity contribution < 1.29 is 4.79 Å². The van der Waals surface area contributed by atoms with Crippen molar-refractivity contribution in [3.63, 3.8) is 0 Å². The molecule has 1 aromatic carbocycles. The molecule has 2 rings (SSSR count). The van der Waals surface area contributed by atoms with E-state index >= 15 is 0 Å². The number of hydrogen-bond acceptors (Lipinski definition) is 3. The van der Waals surface area contributed by atoms with Crippen molar-refractivity contribution >= 4 is 22.6 Å². The van der Waals surface area contributed by atoms with Gasteiger partial charge in [-0.25, -0.2) is 4.98 Å². The molecule has 1 heterocycles. The van der Waals surface area contributed by atoms with E-state index in [9.17, 15) is 4.79 Å². The highest BCUT2D eigenvalue weighted by Gasteiger charge is 2.07. The van der Waals surface area contributed by atoms with Gasteiger partial charge in [-0.15, -0.1) is 0 Å². The quantitative estimate of drug-likeness (QED) is 0.751. The lowest BCUT2D eigenvalue weighted by Crippen LogP contribution is -2.21. The molecule has 5 heteroatoms. The molecule has 0 saturated heterocycles. The van der Waals surface area contributed by atoms with Crippen molar-refractivity contribution in [2.24, 2.45) is 5.73 Å². The topological polar surface area (TPSA) is 83.8 Å². The summed E-state index contributed by atoms with van der Waals surface area (Å²) in [6, 6.07) is 5.56. The number of rotatable bonds is 3. The number of carbonyl (C=O) groups is 1. The number of aromatic amines is 1. The average Bonchev–Trinajstić information content (AvgIpc) is 2.72. The molecule has 17 heavy (non-hydrogen) atoms. The summed E-state index contributed by atoms with van der Waals surface area (Å²) in [6.45, 7) is 4.14. The standard InChI is InChI=1S/C12H16N4O/c1-7(2)12-15-9-4-3-8(5-10(9)16-12)14-11(17)6-13/h3-5,7H,6,13H2,1-2H3,(H,14,17)(H,15,16). The predicted octanol–water partition coefficient (Wildman–Crippen LogP) is 1.58. The molecule has 0 aliphatic heterocycles. The van der Waals surface area contributed by atoms with Crippen LogP contribution >= 0.6 is 0 Å². The van der Waals surface area contributed by atoms with Crippen LogP contribution in [0.4, 0.5) is 5.69 Å². The van der Waals surface area contributed by atoms with E-state index in [0.29, 0.717) is 5.92 Å². The summed E-state index contributed by atoms with van der Waals surface area (Å²) in [5, 5.41) is 2.71. The number of nitrogens with one attached hydrogen (secondary N) is 2. The van der Waals surface area contributed by atoms with Crippen LogP contribution in [0.2, 0.25) is 0 Å². The van der Waals surface area contributed by atoms with Crippen molar-refractivity contribution in [2.45, 2.75) is 19.8 Å². The maximum atomic E-state index is 11.2. The van der Waals surface area contributed by atoms with Crippen LogP contribution in [0.15, 0.2) is 18.2 Å². The van der Waals surface area contributed by atoms with Gasteiger partial charge >= 0.3 is 0 Å². The van der Waals surface area contributed by atoms with E-state index in [1.165, 1.54) is 0 Å². The lowest BCUT2D eigenvalue weighted by molar-refractivity contribution is -0.114. The molecular formula is C12H16N4O. The van der Waals surface area contributed by atoms with Gasteiger partial charge in [0.1, 0.15) is 5.82 Å². The van der Waals surface area contributed by atoms with Crippen molar-refractivity contribution in [3.8, 4) is 0 Å². The molecule has 0 atom stereocenters. The largest absolute Gasteiger partial charge is 0.342 e. The minimum Gasteiger partial charge on any atom is -0.342 e. The molecule has 4 N–H and O–H groups in total. The highest BCUT2D eigenvalue weighted by atomic mass is 16.1. The van der Waals surface area contributed by atoms with Crippen LogP contribution in [0.3, 0.4) is 0 Å². The fourth-order valence-electron chi connectivity index (χ4n) is 1.59. The molecule has 0 aliphatic rings. The van der Waals surface area contributed by atoms with Crippen molar-refractivity contribution in [1.29, 1.82) is 0 Å². The molecule has 1 amide bonds. The number of aromatic nitrogens is 2. The van der Waals surface area contributed by atoms with Gasteiger partial charge in [0.2, 0.25) is 5.91 Å². The maximum Gasteiger partial charge on any atom is 0.238 e. The minimum atomic E-state index is -0.201. The van der Waals surface area contributed by atoms with Crippen LogP contribution in [0.5, 0.6) is 0 Å². The SMILES string of the molecule is CC(C)c1nc2ccc(NC(=O)CN)cc2[nH]1. The van der Waals surface area contributed by atoms with E-state index in [1.54, 1.807) is 0 Å². The highest BCUT2D eigenvalue weighted by Crippen LogP contribution is 2.20. The Morgan fingerprint density at radius 3 is 2.94 bits per heavy atom. The third-order valence-corrected chi connectivity index (χ3v) is 2.52. The number of anilines is 1. The maximum absolute atomic E-state index is 11.2. The first-order valence-corrected chi connectivity index (χ1v) is 5.59. The zero-order valence-corrected chi connectivity index (χ0v) is 9.95. The fourth-order valence-corrected chi connectivity index (χ4v) is 1.59. The fraction of sp³-hybridized carbons (Fsp3) is 0.333. The Morgan fingerprint density at radius 2 is 2.29 bits per heavy atom. The van der Waals surface area contributed by atoms with Crippen LogP contribution in [-0.4, -0.2) is 22.4 Å². The third kappa shape index (κ3) is 2.45. The molecule has 0 spiro atoms. The number of amides is 1. The number of imidazole rings is 1. The second kappa shape index (κ2) is 4.55. The van der Waals surface area contributed by atoms with E-state index in [0.717, 1.165) is 22.5 Å². The van der Waals surface area contributed by atoms with Crippen molar-refractivity contribution in [1.82, 2.24) is 9.97 Å². The van der Waals surface area contributed by atoms with Gasteiger partial charge in [0.05, 0.1) is 17.6 Å². The zero-order chi connectivity index (χ0) is 12.4. The number of nitrogens with two attached hydrogens (primary N) is 1. The van der Waals surface area contributed by atoms with Gasteiger partial charge in [0.15, 0.2) is 0 Å². The number of carbonyl (C=O) groups excluding carboxylic acids is 1. The van der Waals surface area contributed by atoms with E-state index in [2.05, 4.69) is 29.1 Å². The molecule has 0 unspecified atom stereocenters. The molecule has 0 fully saturated rings. The van der Waals surface area contributed by atoms with Gasteiger partial charge in [-0.3, -0.25) is 4.79 Å². The molecule has 2 aromatic rings.